The third-order valence-electron chi connectivity index (χ3n) is 5.30. The van der Waals surface area contributed by atoms with Gasteiger partial charge in [0.1, 0.15) is 21.0 Å². The number of carbonyl (C=O) groups excluding carboxylic acids is 2. The lowest BCUT2D eigenvalue weighted by molar-refractivity contribution is -0.140. The summed E-state index contributed by atoms with van der Waals surface area (Å²) in [6, 6.07) is 9.35. The number of amides is 2. The number of pyridine rings is 1. The molecule has 0 fully saturated rings. The Hall–Kier alpha value is -4.32. The number of nitrogens with one attached hydrogen (secondary N) is 1. The van der Waals surface area contributed by atoms with Crippen molar-refractivity contribution >= 4 is 44.7 Å². The van der Waals surface area contributed by atoms with Crippen molar-refractivity contribution in [1.29, 1.82) is 0 Å². The minimum absolute atomic E-state index is 0.0189. The first-order chi connectivity index (χ1) is 16.6. The maximum Gasteiger partial charge on any atom is 0.433 e. The molecule has 4 heterocycles. The Bertz CT molecular complexity index is 1620. The molecule has 35 heavy (non-hydrogen) atoms. The Morgan fingerprint density at radius 2 is 1.91 bits per heavy atom. The molecular weight excluding hydrogens is 481 g/mol. The quantitative estimate of drug-likeness (QED) is 0.375. The number of halogens is 3. The van der Waals surface area contributed by atoms with E-state index in [4.69, 9.17) is 5.73 Å². The molecule has 12 heteroatoms. The third-order valence-corrected chi connectivity index (χ3v) is 6.40. The average molecular weight is 496 g/mol. The van der Waals surface area contributed by atoms with Gasteiger partial charge < -0.3 is 11.1 Å². The van der Waals surface area contributed by atoms with Crippen molar-refractivity contribution in [3.63, 3.8) is 0 Å². The second-order valence-electron chi connectivity index (χ2n) is 7.67. The number of carbonyl (C=O) groups is 2. The first-order valence-corrected chi connectivity index (χ1v) is 11.0. The molecule has 5 rings (SSSR count). The second-order valence-corrected chi connectivity index (χ2v) is 8.67. The topological polar surface area (TPSA) is 115 Å². The number of aryl methyl sites for hydroxylation is 1. The molecular formula is C23H15F3N6O2S. The lowest BCUT2D eigenvalue weighted by atomic mass is 10.00. The normalized spacial score (nSPS) is 11.8. The fourth-order valence-corrected chi connectivity index (χ4v) is 4.67. The number of aromatic nitrogens is 4. The monoisotopic (exact) mass is 496 g/mol. The molecule has 4 aromatic heterocycles. The SMILES string of the molecule is Cc1ccc(-c2cc(C(F)(F)F)nc3sc(C(N)=O)c(NC(=O)c4cnn5cccnc45)c23)cc1. The highest BCUT2D eigenvalue weighted by molar-refractivity contribution is 7.21. The van der Waals surface area contributed by atoms with Gasteiger partial charge in [0, 0.05) is 17.8 Å². The van der Waals surface area contributed by atoms with Crippen LogP contribution in [-0.4, -0.2) is 31.4 Å². The van der Waals surface area contributed by atoms with Crippen molar-refractivity contribution < 1.29 is 22.8 Å². The smallest absolute Gasteiger partial charge is 0.365 e. The number of alkyl halides is 3. The summed E-state index contributed by atoms with van der Waals surface area (Å²) in [7, 11) is 0. The predicted octanol–water partition coefficient (Wildman–Crippen LogP) is 4.68. The van der Waals surface area contributed by atoms with Crippen LogP contribution >= 0.6 is 11.3 Å². The molecule has 5 aromatic rings. The standard InChI is InChI=1S/C23H15F3N6O2S/c1-11-3-5-12(6-4-11)13-9-15(23(24,25)26)30-22-16(13)17(18(35-22)19(27)33)31-21(34)14-10-29-32-8-2-7-28-20(14)32/h2-10H,1H3,(H2,27,33)(H,31,34). The molecule has 0 saturated carbocycles. The van der Waals surface area contributed by atoms with E-state index in [1.54, 1.807) is 36.5 Å². The Kier molecular flexibility index (Phi) is 5.24. The summed E-state index contributed by atoms with van der Waals surface area (Å²) < 4.78 is 42.3. The number of thiophene rings is 1. The van der Waals surface area contributed by atoms with Crippen molar-refractivity contribution in [3.8, 4) is 11.1 Å². The molecule has 176 valence electrons. The fraction of sp³-hybridized carbons (Fsp3) is 0.0870. The summed E-state index contributed by atoms with van der Waals surface area (Å²) in [4.78, 5) is 33.1. The van der Waals surface area contributed by atoms with Crippen LogP contribution in [0.3, 0.4) is 0 Å². The van der Waals surface area contributed by atoms with E-state index >= 15 is 0 Å². The van der Waals surface area contributed by atoms with Crippen molar-refractivity contribution in [3.05, 3.63) is 76.7 Å². The van der Waals surface area contributed by atoms with E-state index in [1.807, 2.05) is 6.92 Å². The summed E-state index contributed by atoms with van der Waals surface area (Å²) in [6.45, 7) is 1.85. The Labute approximate surface area is 199 Å². The van der Waals surface area contributed by atoms with E-state index in [-0.39, 0.29) is 37.6 Å². The molecule has 0 aliphatic rings. The summed E-state index contributed by atoms with van der Waals surface area (Å²) in [5, 5.41) is 6.89. The molecule has 3 N–H and O–H groups in total. The molecule has 8 nitrogen and oxygen atoms in total. The van der Waals surface area contributed by atoms with Gasteiger partial charge in [0.05, 0.1) is 11.9 Å². The zero-order valence-corrected chi connectivity index (χ0v) is 18.7. The van der Waals surface area contributed by atoms with E-state index in [1.165, 1.54) is 16.9 Å². The molecule has 0 bridgehead atoms. The highest BCUT2D eigenvalue weighted by atomic mass is 32.1. The van der Waals surface area contributed by atoms with Gasteiger partial charge in [-0.3, -0.25) is 9.59 Å². The molecule has 0 atom stereocenters. The number of benzene rings is 1. The number of rotatable bonds is 4. The van der Waals surface area contributed by atoms with Crippen molar-refractivity contribution in [1.82, 2.24) is 19.6 Å². The fourth-order valence-electron chi connectivity index (χ4n) is 3.67. The van der Waals surface area contributed by atoms with E-state index in [0.29, 0.717) is 16.9 Å². The Morgan fingerprint density at radius 3 is 2.60 bits per heavy atom. The lowest BCUT2D eigenvalue weighted by Crippen LogP contribution is -2.17. The summed E-state index contributed by atoms with van der Waals surface area (Å²) in [6.07, 6.45) is -0.333. The first-order valence-electron chi connectivity index (χ1n) is 10.1. The summed E-state index contributed by atoms with van der Waals surface area (Å²) in [5.74, 6) is -1.57. The largest absolute Gasteiger partial charge is 0.433 e. The predicted molar refractivity (Wildman–Crippen MR) is 124 cm³/mol. The average Bonchev–Trinajstić information content (AvgIpc) is 3.40. The molecule has 0 aliphatic carbocycles. The number of nitrogens with two attached hydrogens (primary N) is 1. The van der Waals surface area contributed by atoms with Crippen molar-refractivity contribution in [2.45, 2.75) is 13.1 Å². The third kappa shape index (κ3) is 3.97. The molecule has 0 aliphatic heterocycles. The van der Waals surface area contributed by atoms with Crippen LogP contribution in [0.4, 0.5) is 18.9 Å². The van der Waals surface area contributed by atoms with Gasteiger partial charge in [-0.1, -0.05) is 29.8 Å². The Balaban J connectivity index is 1.74. The van der Waals surface area contributed by atoms with Crippen molar-refractivity contribution in [2.24, 2.45) is 5.73 Å². The molecule has 1 aromatic carbocycles. The van der Waals surface area contributed by atoms with E-state index in [0.717, 1.165) is 11.6 Å². The van der Waals surface area contributed by atoms with Crippen LogP contribution in [0.25, 0.3) is 27.0 Å². The number of anilines is 1. The van der Waals surface area contributed by atoms with Crippen LogP contribution < -0.4 is 11.1 Å². The molecule has 0 spiro atoms. The number of fused-ring (bicyclic) bond motifs is 2. The van der Waals surface area contributed by atoms with Gasteiger partial charge in [0.25, 0.3) is 11.8 Å². The van der Waals surface area contributed by atoms with Gasteiger partial charge in [-0.15, -0.1) is 11.3 Å². The molecule has 0 radical (unpaired) electrons. The second kappa shape index (κ2) is 8.17. The van der Waals surface area contributed by atoms with Crippen LogP contribution in [0.5, 0.6) is 0 Å². The van der Waals surface area contributed by atoms with Crippen LogP contribution in [0, 0.1) is 6.92 Å². The van der Waals surface area contributed by atoms with E-state index < -0.39 is 23.7 Å². The van der Waals surface area contributed by atoms with Gasteiger partial charge in [-0.2, -0.15) is 18.3 Å². The number of hydrogen-bond donors (Lipinski definition) is 2. The maximum absolute atomic E-state index is 13.7. The zero-order chi connectivity index (χ0) is 24.9. The van der Waals surface area contributed by atoms with Gasteiger partial charge in [0.2, 0.25) is 0 Å². The molecule has 0 unspecified atom stereocenters. The van der Waals surface area contributed by atoms with Crippen LogP contribution in [-0.2, 0) is 6.18 Å². The van der Waals surface area contributed by atoms with Crippen molar-refractivity contribution in [2.75, 3.05) is 5.32 Å². The van der Waals surface area contributed by atoms with Gasteiger partial charge in [-0.25, -0.2) is 14.5 Å². The Morgan fingerprint density at radius 1 is 1.17 bits per heavy atom. The number of hydrogen-bond acceptors (Lipinski definition) is 6. The number of primary amides is 1. The number of nitrogens with zero attached hydrogens (tertiary/aromatic N) is 4. The summed E-state index contributed by atoms with van der Waals surface area (Å²) >= 11 is 0.680. The zero-order valence-electron chi connectivity index (χ0n) is 17.9. The van der Waals surface area contributed by atoms with E-state index in [9.17, 15) is 22.8 Å². The molecule has 0 saturated heterocycles. The van der Waals surface area contributed by atoms with Crippen LogP contribution in [0.15, 0.2) is 55.0 Å². The van der Waals surface area contributed by atoms with Crippen LogP contribution in [0.2, 0.25) is 0 Å². The van der Waals surface area contributed by atoms with Gasteiger partial charge >= 0.3 is 6.18 Å². The van der Waals surface area contributed by atoms with Gasteiger partial charge in [0.15, 0.2) is 5.65 Å². The maximum atomic E-state index is 13.7. The van der Waals surface area contributed by atoms with Gasteiger partial charge in [-0.05, 0) is 30.2 Å². The minimum Gasteiger partial charge on any atom is -0.365 e. The lowest BCUT2D eigenvalue weighted by Gasteiger charge is -2.12. The summed E-state index contributed by atoms with van der Waals surface area (Å²) in [5.41, 5.74) is 6.29. The highest BCUT2D eigenvalue weighted by Gasteiger charge is 2.35. The minimum atomic E-state index is -4.73. The highest BCUT2D eigenvalue weighted by Crippen LogP contribution is 2.43. The molecule has 2 amide bonds. The van der Waals surface area contributed by atoms with Crippen LogP contribution in [0.1, 0.15) is 31.3 Å². The van der Waals surface area contributed by atoms with E-state index in [2.05, 4.69) is 20.4 Å². The first kappa shape index (κ1) is 22.5.